The van der Waals surface area contributed by atoms with E-state index in [2.05, 4.69) is 32.6 Å². The molecule has 0 aliphatic carbocycles. The fraction of sp³-hybridized carbons (Fsp3) is 0.923. The molecule has 0 saturated heterocycles. The lowest BCUT2D eigenvalue weighted by molar-refractivity contribution is -0.130. The van der Waals surface area contributed by atoms with Crippen molar-refractivity contribution in [3.8, 4) is 0 Å². The van der Waals surface area contributed by atoms with Gasteiger partial charge < -0.3 is 0 Å². The topological polar surface area (TPSA) is 20.3 Å². The lowest BCUT2D eigenvalue weighted by Gasteiger charge is -2.36. The van der Waals surface area contributed by atoms with Crippen molar-refractivity contribution in [3.05, 3.63) is 0 Å². The Morgan fingerprint density at radius 1 is 1.20 bits per heavy atom. The zero-order chi connectivity index (χ0) is 12.1. The predicted molar refractivity (Wildman–Crippen MR) is 66.1 cm³/mol. The largest absolute Gasteiger partial charge is 0.298 e. The number of ketones is 1. The molecule has 0 bridgehead atoms. The molecule has 0 aliphatic heterocycles. The molecule has 0 aromatic heterocycles. The molecule has 0 radical (unpaired) electrons. The number of likely N-dealkylation sites (N-methyl/N-ethyl adjacent to an activating group) is 1. The summed E-state index contributed by atoms with van der Waals surface area (Å²) in [6.45, 7) is 14.5. The van der Waals surface area contributed by atoms with Gasteiger partial charge in [-0.05, 0) is 32.9 Å². The number of rotatable bonds is 7. The van der Waals surface area contributed by atoms with Gasteiger partial charge in [-0.3, -0.25) is 9.69 Å². The second-order valence-electron chi connectivity index (χ2n) is 4.87. The molecule has 0 rings (SSSR count). The summed E-state index contributed by atoms with van der Waals surface area (Å²) in [4.78, 5) is 14.4. The molecule has 1 unspecified atom stereocenters. The van der Waals surface area contributed by atoms with Gasteiger partial charge in [0.2, 0.25) is 0 Å². The maximum absolute atomic E-state index is 12.2. The Morgan fingerprint density at radius 2 is 1.67 bits per heavy atom. The number of Topliss-reactive ketones (excluding diaryl/α,β-unsaturated/α-hetero) is 1. The van der Waals surface area contributed by atoms with Crippen molar-refractivity contribution in [1.29, 1.82) is 0 Å². The molecule has 0 aromatic rings. The van der Waals surface area contributed by atoms with Gasteiger partial charge in [0.25, 0.3) is 0 Å². The molecule has 15 heavy (non-hydrogen) atoms. The third-order valence-electron chi connectivity index (χ3n) is 3.47. The van der Waals surface area contributed by atoms with E-state index >= 15 is 0 Å². The Morgan fingerprint density at radius 3 is 2.00 bits per heavy atom. The quantitative estimate of drug-likeness (QED) is 0.647. The third-order valence-corrected chi connectivity index (χ3v) is 3.47. The lowest BCUT2D eigenvalue weighted by Crippen LogP contribution is -2.50. The molecule has 0 fully saturated rings. The van der Waals surface area contributed by atoms with Crippen LogP contribution in [0.5, 0.6) is 0 Å². The number of carbonyl (C=O) groups excluding carboxylic acids is 1. The van der Waals surface area contributed by atoms with Crippen LogP contribution in [0.2, 0.25) is 0 Å². The SMILES string of the molecule is CCC(C)CC(=O)C(C)(C)N(CC)CC. The first kappa shape index (κ1) is 14.6. The lowest BCUT2D eigenvalue weighted by atomic mass is 9.89. The summed E-state index contributed by atoms with van der Waals surface area (Å²) in [5.74, 6) is 0.882. The molecule has 0 aliphatic rings. The maximum atomic E-state index is 12.2. The van der Waals surface area contributed by atoms with E-state index in [1.807, 2.05) is 13.8 Å². The van der Waals surface area contributed by atoms with Crippen LogP contribution < -0.4 is 0 Å². The van der Waals surface area contributed by atoms with Crippen LogP contribution in [0.4, 0.5) is 0 Å². The molecule has 0 saturated carbocycles. The normalized spacial score (nSPS) is 14.3. The van der Waals surface area contributed by atoms with E-state index in [1.165, 1.54) is 0 Å². The average Bonchev–Trinajstić information content (AvgIpc) is 2.18. The van der Waals surface area contributed by atoms with E-state index in [0.29, 0.717) is 18.1 Å². The van der Waals surface area contributed by atoms with Gasteiger partial charge in [-0.2, -0.15) is 0 Å². The first-order chi connectivity index (χ1) is 6.89. The summed E-state index contributed by atoms with van der Waals surface area (Å²) in [6.07, 6.45) is 1.79. The van der Waals surface area contributed by atoms with Crippen LogP contribution in [0.1, 0.15) is 54.4 Å². The fourth-order valence-electron chi connectivity index (χ4n) is 1.90. The first-order valence-corrected chi connectivity index (χ1v) is 6.18. The summed E-state index contributed by atoms with van der Waals surface area (Å²) < 4.78 is 0. The smallest absolute Gasteiger partial charge is 0.152 e. The van der Waals surface area contributed by atoms with Crippen LogP contribution in [-0.4, -0.2) is 29.3 Å². The molecular weight excluding hydrogens is 186 g/mol. The van der Waals surface area contributed by atoms with E-state index in [4.69, 9.17) is 0 Å². The van der Waals surface area contributed by atoms with E-state index in [1.54, 1.807) is 0 Å². The number of hydrogen-bond donors (Lipinski definition) is 0. The third kappa shape index (κ3) is 3.94. The molecule has 0 amide bonds. The van der Waals surface area contributed by atoms with Gasteiger partial charge in [0.1, 0.15) is 0 Å². The molecule has 2 heteroatoms. The highest BCUT2D eigenvalue weighted by molar-refractivity contribution is 5.87. The zero-order valence-electron chi connectivity index (χ0n) is 11.3. The highest BCUT2D eigenvalue weighted by atomic mass is 16.1. The summed E-state index contributed by atoms with van der Waals surface area (Å²) in [5, 5.41) is 0. The Kier molecular flexibility index (Phi) is 6.11. The van der Waals surface area contributed by atoms with Crippen molar-refractivity contribution in [2.75, 3.05) is 13.1 Å². The second-order valence-corrected chi connectivity index (χ2v) is 4.87. The Hall–Kier alpha value is -0.370. The van der Waals surface area contributed by atoms with E-state index in [0.717, 1.165) is 19.5 Å². The standard InChI is InChI=1S/C13H27NO/c1-7-11(4)10-12(15)13(5,6)14(8-2)9-3/h11H,7-10H2,1-6H3. The highest BCUT2D eigenvalue weighted by Gasteiger charge is 2.32. The van der Waals surface area contributed by atoms with E-state index in [9.17, 15) is 4.79 Å². The minimum absolute atomic E-state index is 0.299. The minimum atomic E-state index is -0.299. The van der Waals surface area contributed by atoms with Gasteiger partial charge in [-0.15, -0.1) is 0 Å². The summed E-state index contributed by atoms with van der Waals surface area (Å²) in [7, 11) is 0. The van der Waals surface area contributed by atoms with E-state index in [-0.39, 0.29) is 5.54 Å². The number of carbonyl (C=O) groups is 1. The number of nitrogens with zero attached hydrogens (tertiary/aromatic N) is 1. The van der Waals surface area contributed by atoms with Crippen molar-refractivity contribution in [2.45, 2.75) is 59.9 Å². The van der Waals surface area contributed by atoms with Crippen LogP contribution in [0, 0.1) is 5.92 Å². The summed E-state index contributed by atoms with van der Waals surface area (Å²) >= 11 is 0. The van der Waals surface area contributed by atoms with E-state index < -0.39 is 0 Å². The molecule has 2 nitrogen and oxygen atoms in total. The summed E-state index contributed by atoms with van der Waals surface area (Å²) in [6, 6.07) is 0. The van der Waals surface area contributed by atoms with Crippen LogP contribution in [-0.2, 0) is 4.79 Å². The Labute approximate surface area is 95.0 Å². The fourth-order valence-corrected chi connectivity index (χ4v) is 1.90. The van der Waals surface area contributed by atoms with Gasteiger partial charge in [-0.25, -0.2) is 0 Å². The molecule has 90 valence electrons. The molecular formula is C13H27NO. The van der Waals surface area contributed by atoms with Gasteiger partial charge >= 0.3 is 0 Å². The maximum Gasteiger partial charge on any atom is 0.152 e. The van der Waals surface area contributed by atoms with Crippen LogP contribution in [0.15, 0.2) is 0 Å². The van der Waals surface area contributed by atoms with Crippen molar-refractivity contribution < 1.29 is 4.79 Å². The molecule has 1 atom stereocenters. The van der Waals surface area contributed by atoms with Crippen molar-refractivity contribution in [3.63, 3.8) is 0 Å². The Balaban J connectivity index is 4.49. The van der Waals surface area contributed by atoms with Crippen LogP contribution in [0.3, 0.4) is 0 Å². The molecule has 0 N–H and O–H groups in total. The van der Waals surface area contributed by atoms with Crippen molar-refractivity contribution in [2.24, 2.45) is 5.92 Å². The van der Waals surface area contributed by atoms with Crippen molar-refractivity contribution >= 4 is 5.78 Å². The second kappa shape index (κ2) is 6.26. The first-order valence-electron chi connectivity index (χ1n) is 6.18. The summed E-state index contributed by atoms with van der Waals surface area (Å²) in [5.41, 5.74) is -0.299. The average molecular weight is 213 g/mol. The van der Waals surface area contributed by atoms with Gasteiger partial charge in [0, 0.05) is 6.42 Å². The van der Waals surface area contributed by atoms with Crippen LogP contribution in [0.25, 0.3) is 0 Å². The predicted octanol–water partition coefficient (Wildman–Crippen LogP) is 3.11. The van der Waals surface area contributed by atoms with Gasteiger partial charge in [0.15, 0.2) is 5.78 Å². The monoisotopic (exact) mass is 213 g/mol. The molecule has 0 spiro atoms. The zero-order valence-corrected chi connectivity index (χ0v) is 11.3. The number of hydrogen-bond acceptors (Lipinski definition) is 2. The van der Waals surface area contributed by atoms with Crippen LogP contribution >= 0.6 is 0 Å². The molecule has 0 heterocycles. The highest BCUT2D eigenvalue weighted by Crippen LogP contribution is 2.20. The Bertz CT molecular complexity index is 195. The van der Waals surface area contributed by atoms with Gasteiger partial charge in [-0.1, -0.05) is 34.1 Å². The van der Waals surface area contributed by atoms with Gasteiger partial charge in [0.05, 0.1) is 5.54 Å². The molecule has 0 aromatic carbocycles. The minimum Gasteiger partial charge on any atom is -0.298 e. The van der Waals surface area contributed by atoms with Crippen molar-refractivity contribution in [1.82, 2.24) is 4.90 Å².